The van der Waals surface area contributed by atoms with E-state index in [2.05, 4.69) is 15.6 Å². The lowest BCUT2D eigenvalue weighted by Crippen LogP contribution is -2.23. The Morgan fingerprint density at radius 1 is 0.893 bits per heavy atom. The second-order valence-electron chi connectivity index (χ2n) is 6.84. The maximum atomic E-state index is 12.6. The Morgan fingerprint density at radius 2 is 1.61 bits per heavy atom. The molecule has 0 aliphatic rings. The summed E-state index contributed by atoms with van der Waals surface area (Å²) in [5.74, 6) is -0.565. The lowest BCUT2D eigenvalue weighted by molar-refractivity contribution is 0.0950. The van der Waals surface area contributed by atoms with Gasteiger partial charge in [-0.1, -0.05) is 42.0 Å². The van der Waals surface area contributed by atoms with E-state index in [1.807, 2.05) is 63.2 Å². The van der Waals surface area contributed by atoms with Crippen LogP contribution in [0, 0.1) is 20.8 Å². The predicted octanol–water partition coefficient (Wildman–Crippen LogP) is 4.19. The summed E-state index contributed by atoms with van der Waals surface area (Å²) < 4.78 is 0. The Bertz CT molecular complexity index is 1030. The molecule has 0 atom stereocenters. The average Bonchev–Trinajstić information content (AvgIpc) is 2.70. The Hall–Kier alpha value is -3.47. The molecule has 0 saturated carbocycles. The average molecular weight is 373 g/mol. The third-order valence-electron chi connectivity index (χ3n) is 4.65. The van der Waals surface area contributed by atoms with Gasteiger partial charge in [0, 0.05) is 24.6 Å². The number of hydrogen-bond donors (Lipinski definition) is 2. The summed E-state index contributed by atoms with van der Waals surface area (Å²) >= 11 is 0. The zero-order valence-electron chi connectivity index (χ0n) is 16.2. The minimum atomic E-state index is -0.297. The normalized spacial score (nSPS) is 10.4. The molecular weight excluding hydrogens is 350 g/mol. The summed E-state index contributed by atoms with van der Waals surface area (Å²) in [4.78, 5) is 29.1. The van der Waals surface area contributed by atoms with Crippen molar-refractivity contribution in [3.63, 3.8) is 0 Å². The SMILES string of the molecule is Cc1cccc(CNC(=O)c2cncc(C(=O)Nc3cccc(C)c3C)c2)c1. The molecule has 2 aromatic carbocycles. The number of amides is 2. The number of anilines is 1. The molecule has 3 rings (SSSR count). The van der Waals surface area contributed by atoms with Crippen LogP contribution in [0.2, 0.25) is 0 Å². The van der Waals surface area contributed by atoms with E-state index < -0.39 is 0 Å². The number of aromatic nitrogens is 1. The number of nitrogens with zero attached hydrogens (tertiary/aromatic N) is 1. The molecule has 0 aliphatic carbocycles. The van der Waals surface area contributed by atoms with Crippen LogP contribution in [0.15, 0.2) is 60.9 Å². The highest BCUT2D eigenvalue weighted by Gasteiger charge is 2.13. The van der Waals surface area contributed by atoms with Crippen molar-refractivity contribution in [1.29, 1.82) is 0 Å². The number of carbonyl (C=O) groups is 2. The largest absolute Gasteiger partial charge is 0.348 e. The van der Waals surface area contributed by atoms with Crippen molar-refractivity contribution in [2.24, 2.45) is 0 Å². The summed E-state index contributed by atoms with van der Waals surface area (Å²) in [6.07, 6.45) is 2.91. The molecule has 0 fully saturated rings. The van der Waals surface area contributed by atoms with Crippen molar-refractivity contribution < 1.29 is 9.59 Å². The highest BCUT2D eigenvalue weighted by molar-refractivity contribution is 6.06. The molecule has 0 saturated heterocycles. The van der Waals surface area contributed by atoms with E-state index in [1.165, 1.54) is 12.4 Å². The van der Waals surface area contributed by atoms with Gasteiger partial charge in [-0.3, -0.25) is 14.6 Å². The van der Waals surface area contributed by atoms with Crippen molar-refractivity contribution in [2.75, 3.05) is 5.32 Å². The number of pyridine rings is 1. The molecule has 3 aromatic rings. The summed E-state index contributed by atoms with van der Waals surface area (Å²) in [6.45, 7) is 6.37. The lowest BCUT2D eigenvalue weighted by atomic mass is 10.1. The van der Waals surface area contributed by atoms with E-state index >= 15 is 0 Å². The summed E-state index contributed by atoms with van der Waals surface area (Å²) in [6, 6.07) is 15.2. The number of benzene rings is 2. The van der Waals surface area contributed by atoms with Crippen molar-refractivity contribution in [3.05, 3.63) is 94.3 Å². The first-order valence-electron chi connectivity index (χ1n) is 9.10. The predicted molar refractivity (Wildman–Crippen MR) is 110 cm³/mol. The fourth-order valence-corrected chi connectivity index (χ4v) is 2.88. The third-order valence-corrected chi connectivity index (χ3v) is 4.65. The van der Waals surface area contributed by atoms with E-state index in [-0.39, 0.29) is 11.8 Å². The maximum absolute atomic E-state index is 12.6. The second-order valence-corrected chi connectivity index (χ2v) is 6.84. The van der Waals surface area contributed by atoms with E-state index in [4.69, 9.17) is 0 Å². The first-order valence-corrected chi connectivity index (χ1v) is 9.10. The van der Waals surface area contributed by atoms with Crippen LogP contribution in [-0.4, -0.2) is 16.8 Å². The van der Waals surface area contributed by atoms with Gasteiger partial charge in [-0.2, -0.15) is 0 Å². The van der Waals surface area contributed by atoms with Crippen molar-refractivity contribution in [1.82, 2.24) is 10.3 Å². The van der Waals surface area contributed by atoms with Crippen LogP contribution in [0.5, 0.6) is 0 Å². The van der Waals surface area contributed by atoms with E-state index in [0.717, 1.165) is 27.9 Å². The number of rotatable bonds is 5. The van der Waals surface area contributed by atoms with Crippen molar-refractivity contribution in [3.8, 4) is 0 Å². The zero-order chi connectivity index (χ0) is 20.1. The molecule has 142 valence electrons. The Balaban J connectivity index is 1.69. The minimum absolute atomic E-state index is 0.268. The van der Waals surface area contributed by atoms with Gasteiger partial charge in [0.2, 0.25) is 0 Å². The fraction of sp³-hybridized carbons (Fsp3) is 0.174. The van der Waals surface area contributed by atoms with Gasteiger partial charge in [-0.05, 0) is 49.6 Å². The zero-order valence-corrected chi connectivity index (χ0v) is 16.2. The van der Waals surface area contributed by atoms with Gasteiger partial charge in [-0.15, -0.1) is 0 Å². The van der Waals surface area contributed by atoms with Gasteiger partial charge >= 0.3 is 0 Å². The molecule has 5 nitrogen and oxygen atoms in total. The molecule has 1 heterocycles. The van der Waals surface area contributed by atoms with Crippen LogP contribution in [0.1, 0.15) is 43.0 Å². The van der Waals surface area contributed by atoms with Gasteiger partial charge in [0.15, 0.2) is 0 Å². The van der Waals surface area contributed by atoms with E-state index in [0.29, 0.717) is 17.7 Å². The summed E-state index contributed by atoms with van der Waals surface area (Å²) in [5.41, 5.74) is 5.70. The quantitative estimate of drug-likeness (QED) is 0.704. The van der Waals surface area contributed by atoms with E-state index in [1.54, 1.807) is 6.07 Å². The summed E-state index contributed by atoms with van der Waals surface area (Å²) in [7, 11) is 0. The Labute approximate surface area is 164 Å². The standard InChI is InChI=1S/C23H23N3O2/c1-15-6-4-8-18(10-15)12-25-22(27)19-11-20(14-24-13-19)23(28)26-21-9-5-7-16(2)17(21)3/h4-11,13-14H,12H2,1-3H3,(H,25,27)(H,26,28). The molecule has 0 unspecified atom stereocenters. The van der Waals surface area contributed by atoms with Crippen LogP contribution < -0.4 is 10.6 Å². The van der Waals surface area contributed by atoms with Gasteiger partial charge in [0.05, 0.1) is 11.1 Å². The molecular formula is C23H23N3O2. The number of carbonyl (C=O) groups excluding carboxylic acids is 2. The highest BCUT2D eigenvalue weighted by Crippen LogP contribution is 2.19. The lowest BCUT2D eigenvalue weighted by Gasteiger charge is -2.11. The molecule has 0 radical (unpaired) electrons. The monoisotopic (exact) mass is 373 g/mol. The Morgan fingerprint density at radius 3 is 2.36 bits per heavy atom. The number of hydrogen-bond acceptors (Lipinski definition) is 3. The molecule has 2 N–H and O–H groups in total. The smallest absolute Gasteiger partial charge is 0.257 e. The highest BCUT2D eigenvalue weighted by atomic mass is 16.2. The van der Waals surface area contributed by atoms with Crippen LogP contribution in [-0.2, 0) is 6.54 Å². The number of aryl methyl sites for hydroxylation is 2. The molecule has 28 heavy (non-hydrogen) atoms. The number of nitrogens with one attached hydrogen (secondary N) is 2. The Kier molecular flexibility index (Phi) is 5.84. The third kappa shape index (κ3) is 4.62. The van der Waals surface area contributed by atoms with Crippen LogP contribution in [0.25, 0.3) is 0 Å². The van der Waals surface area contributed by atoms with Gasteiger partial charge in [0.1, 0.15) is 0 Å². The topological polar surface area (TPSA) is 71.1 Å². The first kappa shape index (κ1) is 19.3. The molecule has 2 amide bonds. The minimum Gasteiger partial charge on any atom is -0.348 e. The van der Waals surface area contributed by atoms with Crippen LogP contribution in [0.3, 0.4) is 0 Å². The van der Waals surface area contributed by atoms with Gasteiger partial charge < -0.3 is 10.6 Å². The fourth-order valence-electron chi connectivity index (χ4n) is 2.88. The maximum Gasteiger partial charge on any atom is 0.257 e. The molecule has 0 spiro atoms. The van der Waals surface area contributed by atoms with Crippen molar-refractivity contribution in [2.45, 2.75) is 27.3 Å². The molecule has 0 bridgehead atoms. The van der Waals surface area contributed by atoms with Gasteiger partial charge in [-0.25, -0.2) is 0 Å². The van der Waals surface area contributed by atoms with E-state index in [9.17, 15) is 9.59 Å². The van der Waals surface area contributed by atoms with Gasteiger partial charge in [0.25, 0.3) is 11.8 Å². The van der Waals surface area contributed by atoms with Crippen LogP contribution in [0.4, 0.5) is 5.69 Å². The molecule has 5 heteroatoms. The second kappa shape index (κ2) is 8.48. The molecule has 0 aliphatic heterocycles. The first-order chi connectivity index (χ1) is 13.4. The van der Waals surface area contributed by atoms with Crippen molar-refractivity contribution >= 4 is 17.5 Å². The summed E-state index contributed by atoms with van der Waals surface area (Å²) in [5, 5.41) is 5.75. The molecule has 1 aromatic heterocycles. The van der Waals surface area contributed by atoms with Crippen LogP contribution >= 0.6 is 0 Å².